The van der Waals surface area contributed by atoms with E-state index in [2.05, 4.69) is 25.6 Å². The highest BCUT2D eigenvalue weighted by Crippen LogP contribution is 2.33. The fourth-order valence-electron chi connectivity index (χ4n) is 2.62. The first-order chi connectivity index (χ1) is 14.3. The van der Waals surface area contributed by atoms with E-state index in [1.165, 1.54) is 18.3 Å². The zero-order valence-electron chi connectivity index (χ0n) is 16.1. The molecule has 1 aromatic heterocycles. The van der Waals surface area contributed by atoms with Gasteiger partial charge in [-0.3, -0.25) is 0 Å². The lowest BCUT2D eigenvalue weighted by Gasteiger charge is -2.08. The number of nitrogens with zero attached hydrogens (tertiary/aromatic N) is 3. The van der Waals surface area contributed by atoms with Gasteiger partial charge in [-0.25, -0.2) is 28.1 Å². The van der Waals surface area contributed by atoms with E-state index in [1.54, 1.807) is 18.2 Å². The highest BCUT2D eigenvalue weighted by molar-refractivity contribution is 7.89. The van der Waals surface area contributed by atoms with Crippen molar-refractivity contribution in [2.45, 2.75) is 17.7 Å². The van der Waals surface area contributed by atoms with Crippen LogP contribution < -0.4 is 16.2 Å². The van der Waals surface area contributed by atoms with Crippen LogP contribution in [0, 0.1) is 18.3 Å². The van der Waals surface area contributed by atoms with Crippen LogP contribution in [0.1, 0.15) is 18.4 Å². The molecule has 10 heteroatoms. The van der Waals surface area contributed by atoms with Gasteiger partial charge in [0.05, 0.1) is 17.1 Å². The summed E-state index contributed by atoms with van der Waals surface area (Å²) in [5.74, 6) is 3.39. The van der Waals surface area contributed by atoms with E-state index >= 15 is 0 Å². The molecule has 0 aliphatic heterocycles. The Morgan fingerprint density at radius 3 is 2.83 bits per heavy atom. The molecular weight excluding hydrogens is 404 g/mol. The average Bonchev–Trinajstić information content (AvgIpc) is 3.58. The summed E-state index contributed by atoms with van der Waals surface area (Å²) in [6, 6.07) is 6.09. The number of sulfonamides is 1. The number of hydrogen-bond acceptors (Lipinski definition) is 7. The molecule has 6 N–H and O–H groups in total. The Balaban J connectivity index is 1.96. The number of allylic oxidation sites excluding steroid dienone is 1. The molecule has 1 aromatic carbocycles. The molecule has 2 aromatic rings. The molecule has 3 rings (SSSR count). The summed E-state index contributed by atoms with van der Waals surface area (Å²) in [7, 11) is -3.78. The van der Waals surface area contributed by atoms with Crippen LogP contribution in [-0.2, 0) is 10.0 Å². The molecule has 1 heterocycles. The van der Waals surface area contributed by atoms with Crippen molar-refractivity contribution in [3.8, 4) is 23.7 Å². The van der Waals surface area contributed by atoms with Gasteiger partial charge in [-0.2, -0.15) is 0 Å². The van der Waals surface area contributed by atoms with E-state index in [4.69, 9.17) is 23.0 Å². The molecule has 30 heavy (non-hydrogen) atoms. The first-order valence-electron chi connectivity index (χ1n) is 9.20. The molecule has 0 amide bonds. The van der Waals surface area contributed by atoms with E-state index in [-0.39, 0.29) is 35.5 Å². The highest BCUT2D eigenvalue weighted by Gasteiger charge is 2.24. The summed E-state index contributed by atoms with van der Waals surface area (Å²) in [5, 5.41) is 8.85. The van der Waals surface area contributed by atoms with Gasteiger partial charge in [0.2, 0.25) is 10.0 Å². The van der Waals surface area contributed by atoms with Crippen LogP contribution in [0.25, 0.3) is 11.4 Å². The van der Waals surface area contributed by atoms with E-state index < -0.39 is 10.0 Å². The Morgan fingerprint density at radius 1 is 1.40 bits per heavy atom. The monoisotopic (exact) mass is 426 g/mol. The lowest BCUT2D eigenvalue weighted by Crippen LogP contribution is -2.26. The molecule has 1 fully saturated rings. The molecule has 1 saturated carbocycles. The standard InChI is InChI=1S/C20H22N6O3S/c1-2-13-12-23-19(26-20(13)25-18(22)11-17(21)14-6-7-14)15-4-3-5-16(10-15)30(28,29)24-8-9-27/h1,3-5,10-12,14,24,27H,6-9,21H2,(H2,22,23,25,26). The fourth-order valence-corrected chi connectivity index (χ4v) is 3.69. The van der Waals surface area contributed by atoms with Crippen molar-refractivity contribution in [3.63, 3.8) is 0 Å². The van der Waals surface area contributed by atoms with Gasteiger partial charge in [-0.15, -0.1) is 6.42 Å². The molecule has 0 bridgehead atoms. The van der Waals surface area contributed by atoms with Gasteiger partial charge in [0.1, 0.15) is 5.84 Å². The second-order valence-corrected chi connectivity index (χ2v) is 8.45. The van der Waals surface area contributed by atoms with Gasteiger partial charge in [0, 0.05) is 24.0 Å². The summed E-state index contributed by atoms with van der Waals surface area (Å²) in [6.07, 6.45) is 10.6. The minimum absolute atomic E-state index is 0.0165. The third-order valence-electron chi connectivity index (χ3n) is 4.33. The second kappa shape index (κ2) is 9.04. The van der Waals surface area contributed by atoms with Gasteiger partial charge in [-0.1, -0.05) is 18.1 Å². The van der Waals surface area contributed by atoms with Crippen molar-refractivity contribution in [3.05, 3.63) is 47.8 Å². The number of aromatic nitrogens is 2. The van der Waals surface area contributed by atoms with E-state index in [1.807, 2.05) is 0 Å². The SMILES string of the molecule is C#Cc1cnc(-c2cccc(S(=O)(=O)NCCO)c2)nc1N=C(N)C=C(N)C1CC1. The van der Waals surface area contributed by atoms with Crippen LogP contribution in [0.2, 0.25) is 0 Å². The molecule has 0 atom stereocenters. The molecule has 0 unspecified atom stereocenters. The predicted octanol–water partition coefficient (Wildman–Crippen LogP) is 0.637. The number of nitrogens with two attached hydrogens (primary N) is 2. The van der Waals surface area contributed by atoms with Crippen molar-refractivity contribution in [1.82, 2.24) is 14.7 Å². The summed E-state index contributed by atoms with van der Waals surface area (Å²) in [4.78, 5) is 12.9. The van der Waals surface area contributed by atoms with Crippen molar-refractivity contribution in [1.29, 1.82) is 0 Å². The smallest absolute Gasteiger partial charge is 0.240 e. The second-order valence-electron chi connectivity index (χ2n) is 6.68. The minimum Gasteiger partial charge on any atom is -0.402 e. The topological polar surface area (TPSA) is 157 Å². The van der Waals surface area contributed by atoms with Crippen molar-refractivity contribution in [2.75, 3.05) is 13.2 Å². The van der Waals surface area contributed by atoms with Gasteiger partial charge < -0.3 is 16.6 Å². The highest BCUT2D eigenvalue weighted by atomic mass is 32.2. The Kier molecular flexibility index (Phi) is 6.47. The van der Waals surface area contributed by atoms with Gasteiger partial charge in [0.25, 0.3) is 0 Å². The maximum absolute atomic E-state index is 12.3. The minimum atomic E-state index is -3.78. The fraction of sp³-hybridized carbons (Fsp3) is 0.250. The third kappa shape index (κ3) is 5.21. The van der Waals surface area contributed by atoms with Crippen molar-refractivity contribution in [2.24, 2.45) is 22.4 Å². The lowest BCUT2D eigenvalue weighted by atomic mass is 10.2. The summed E-state index contributed by atoms with van der Waals surface area (Å²) < 4.78 is 26.9. The maximum Gasteiger partial charge on any atom is 0.240 e. The van der Waals surface area contributed by atoms with Gasteiger partial charge in [0.15, 0.2) is 11.6 Å². The zero-order valence-corrected chi connectivity index (χ0v) is 16.9. The predicted molar refractivity (Wildman–Crippen MR) is 114 cm³/mol. The molecule has 0 saturated heterocycles. The first-order valence-corrected chi connectivity index (χ1v) is 10.7. The van der Waals surface area contributed by atoms with Crippen LogP contribution in [0.4, 0.5) is 5.82 Å². The van der Waals surface area contributed by atoms with E-state index in [0.717, 1.165) is 12.8 Å². The van der Waals surface area contributed by atoms with Crippen LogP contribution >= 0.6 is 0 Å². The number of rotatable bonds is 8. The Bertz CT molecular complexity index is 1150. The van der Waals surface area contributed by atoms with Crippen LogP contribution in [0.5, 0.6) is 0 Å². The summed E-state index contributed by atoms with van der Waals surface area (Å²) in [5.41, 5.74) is 13.4. The van der Waals surface area contributed by atoms with Crippen molar-refractivity contribution < 1.29 is 13.5 Å². The molecule has 1 aliphatic carbocycles. The number of terminal acetylenes is 1. The number of aliphatic hydroxyl groups is 1. The molecule has 9 nitrogen and oxygen atoms in total. The maximum atomic E-state index is 12.3. The average molecular weight is 427 g/mol. The number of nitrogens with one attached hydrogen (secondary N) is 1. The van der Waals surface area contributed by atoms with Crippen LogP contribution in [0.3, 0.4) is 0 Å². The lowest BCUT2D eigenvalue weighted by molar-refractivity contribution is 0.301. The Morgan fingerprint density at radius 2 is 2.17 bits per heavy atom. The molecule has 1 aliphatic rings. The summed E-state index contributed by atoms with van der Waals surface area (Å²) in [6.45, 7) is -0.395. The quantitative estimate of drug-likeness (QED) is 0.274. The Hall–Kier alpha value is -3.26. The number of benzene rings is 1. The van der Waals surface area contributed by atoms with Crippen LogP contribution in [0.15, 0.2) is 52.1 Å². The molecule has 0 radical (unpaired) electrons. The summed E-state index contributed by atoms with van der Waals surface area (Å²) >= 11 is 0. The largest absolute Gasteiger partial charge is 0.402 e. The molecular formula is C20H22N6O3S. The first kappa shape index (κ1) is 21.4. The van der Waals surface area contributed by atoms with E-state index in [0.29, 0.717) is 22.7 Å². The number of aliphatic imine (C=N–C) groups is 1. The van der Waals surface area contributed by atoms with E-state index in [9.17, 15) is 8.42 Å². The van der Waals surface area contributed by atoms with Crippen molar-refractivity contribution >= 4 is 21.7 Å². The Labute approximate surface area is 175 Å². The molecule has 0 spiro atoms. The molecule has 156 valence electrons. The van der Waals surface area contributed by atoms with Gasteiger partial charge >= 0.3 is 0 Å². The normalized spacial score (nSPS) is 15.1. The van der Waals surface area contributed by atoms with Gasteiger partial charge in [-0.05, 0) is 37.0 Å². The third-order valence-corrected chi connectivity index (χ3v) is 5.79. The number of hydrogen-bond donors (Lipinski definition) is 4. The number of amidine groups is 1. The van der Waals surface area contributed by atoms with Crippen LogP contribution in [-0.4, -0.2) is 42.5 Å². The zero-order chi connectivity index (χ0) is 21.7. The number of aliphatic hydroxyl groups excluding tert-OH is 1.